The molecule has 0 aromatic heterocycles. The molecule has 2 aliphatic heterocycles. The van der Waals surface area contributed by atoms with Crippen LogP contribution in [0.4, 0.5) is 0 Å². The number of quaternary nitrogens is 1. The second-order valence-corrected chi connectivity index (χ2v) is 11.4. The van der Waals surface area contributed by atoms with E-state index >= 15 is 0 Å². The molecule has 4 unspecified atom stereocenters. The van der Waals surface area contributed by atoms with Crippen molar-refractivity contribution < 1.29 is 29.2 Å². The van der Waals surface area contributed by atoms with Gasteiger partial charge in [0.05, 0.1) is 13.2 Å². The molecule has 2 heterocycles. The Bertz CT molecular complexity index is 841. The zero-order chi connectivity index (χ0) is 25.1. The van der Waals surface area contributed by atoms with E-state index in [2.05, 4.69) is 19.2 Å². The monoisotopic (exact) mass is 489 g/mol. The van der Waals surface area contributed by atoms with E-state index in [0.717, 1.165) is 64.3 Å². The van der Waals surface area contributed by atoms with Gasteiger partial charge in [0, 0.05) is 24.7 Å². The van der Waals surface area contributed by atoms with Crippen LogP contribution in [0, 0.1) is 17.8 Å². The number of carbonyl (C=O) groups excluding carboxylic acids is 3. The molecule has 4 fully saturated rings. The number of Topliss-reactive ketones (excluding diaryl/α,β-unsaturated/α-hetero) is 2. The van der Waals surface area contributed by atoms with E-state index in [-0.39, 0.29) is 36.7 Å². The van der Waals surface area contributed by atoms with Gasteiger partial charge in [-0.05, 0) is 51.4 Å². The van der Waals surface area contributed by atoms with Crippen LogP contribution in [0.15, 0.2) is 11.6 Å². The normalized spacial score (nSPS) is 36.9. The summed E-state index contributed by atoms with van der Waals surface area (Å²) in [6.45, 7) is 5.54. The molecule has 35 heavy (non-hydrogen) atoms. The molecule has 0 bridgehead atoms. The topological polar surface area (TPSA) is 116 Å². The fourth-order valence-corrected chi connectivity index (χ4v) is 6.68. The third-order valence-electron chi connectivity index (χ3n) is 8.89. The molecule has 0 spiro atoms. The number of rotatable bonds is 11. The number of fused-ring (bicyclic) bond motifs is 2. The fourth-order valence-electron chi connectivity index (χ4n) is 6.68. The highest BCUT2D eigenvalue weighted by atomic mass is 16.7. The maximum Gasteiger partial charge on any atom is 0.349 e. The summed E-state index contributed by atoms with van der Waals surface area (Å²) in [5.41, 5.74) is 4.17. The van der Waals surface area contributed by atoms with Crippen molar-refractivity contribution in [1.82, 2.24) is 0 Å². The Labute approximate surface area is 209 Å². The molecule has 6 atom stereocenters. The summed E-state index contributed by atoms with van der Waals surface area (Å²) in [5, 5.41) is 2.20. The van der Waals surface area contributed by atoms with Gasteiger partial charge in [-0.1, -0.05) is 50.7 Å². The number of allylic oxidation sites excluding steroid dienone is 1. The summed E-state index contributed by atoms with van der Waals surface area (Å²) in [5.74, 6) is -1.01. The molecule has 0 aromatic carbocycles. The number of piperidine rings is 1. The number of hydrogen-bond acceptors (Lipinski definition) is 6. The van der Waals surface area contributed by atoms with E-state index in [4.69, 9.17) is 15.2 Å². The van der Waals surface area contributed by atoms with E-state index < -0.39 is 23.1 Å². The van der Waals surface area contributed by atoms with E-state index in [9.17, 15) is 14.4 Å². The number of unbranched alkanes of at least 4 members (excludes halogenated alkanes) is 3. The van der Waals surface area contributed by atoms with Gasteiger partial charge in [-0.25, -0.2) is 4.79 Å². The van der Waals surface area contributed by atoms with Gasteiger partial charge in [-0.3, -0.25) is 15.3 Å². The van der Waals surface area contributed by atoms with Crippen molar-refractivity contribution in [3.8, 4) is 0 Å². The number of carbonyl (C=O) groups is 3. The Morgan fingerprint density at radius 1 is 1.14 bits per heavy atom. The van der Waals surface area contributed by atoms with Crippen LogP contribution in [0.25, 0.3) is 0 Å². The van der Waals surface area contributed by atoms with Crippen LogP contribution in [0.1, 0.15) is 97.3 Å². The van der Waals surface area contributed by atoms with Crippen molar-refractivity contribution in [3.63, 3.8) is 0 Å². The van der Waals surface area contributed by atoms with Crippen molar-refractivity contribution in [2.75, 3.05) is 13.2 Å². The number of hydrogen-bond donors (Lipinski definition) is 2. The second-order valence-electron chi connectivity index (χ2n) is 11.4. The van der Waals surface area contributed by atoms with Gasteiger partial charge in [0.1, 0.15) is 6.17 Å². The molecular weight excluding hydrogens is 444 g/mol. The van der Waals surface area contributed by atoms with Crippen molar-refractivity contribution >= 4 is 17.5 Å². The molecule has 196 valence electrons. The Hall–Kier alpha value is -1.57. The van der Waals surface area contributed by atoms with E-state index in [1.807, 2.05) is 6.08 Å². The van der Waals surface area contributed by atoms with Gasteiger partial charge in [0.25, 0.3) is 5.60 Å². The van der Waals surface area contributed by atoms with Crippen molar-refractivity contribution in [1.29, 1.82) is 0 Å². The van der Waals surface area contributed by atoms with Crippen LogP contribution in [-0.4, -0.2) is 48.1 Å². The van der Waals surface area contributed by atoms with Crippen LogP contribution in [0.5, 0.6) is 0 Å². The summed E-state index contributed by atoms with van der Waals surface area (Å²) in [4.78, 5) is 40.6. The third-order valence-corrected chi connectivity index (χ3v) is 8.89. The first-order valence-electron chi connectivity index (χ1n) is 14.1. The van der Waals surface area contributed by atoms with Crippen LogP contribution in [-0.2, 0) is 23.9 Å². The third kappa shape index (κ3) is 5.14. The highest BCUT2D eigenvalue weighted by Gasteiger charge is 2.86. The highest BCUT2D eigenvalue weighted by Crippen LogP contribution is 2.61. The maximum absolute atomic E-state index is 13.7. The molecule has 2 saturated carbocycles. The average Bonchev–Trinajstić information content (AvgIpc) is 3.57. The van der Waals surface area contributed by atoms with Crippen LogP contribution < -0.4 is 11.1 Å². The van der Waals surface area contributed by atoms with Crippen LogP contribution in [0.3, 0.4) is 0 Å². The minimum absolute atomic E-state index is 0.0532. The molecule has 0 radical (unpaired) electrons. The predicted octanol–water partition coefficient (Wildman–Crippen LogP) is 2.95. The summed E-state index contributed by atoms with van der Waals surface area (Å²) in [6, 6.07) is 0. The first-order valence-corrected chi connectivity index (χ1v) is 14.1. The van der Waals surface area contributed by atoms with Gasteiger partial charge < -0.3 is 14.8 Å². The van der Waals surface area contributed by atoms with Crippen LogP contribution in [0.2, 0.25) is 0 Å². The number of ether oxygens (including phenoxy) is 2. The molecule has 4 aliphatic rings. The SMILES string of the molecule is CCCCCCOC(=O)[C@]12O[C@@]1(CC=C(C)CCC1CC[NH2+]C(N)C1)C(=O)C1CCCCC1C2=O. The standard InChI is InChI=1S/C28H44N2O5/c1-3-4-5-8-17-34-26(33)28-25(32)22-10-7-6-9-21(22)24(31)27(28,35-28)15-13-19(2)11-12-20-14-16-30-23(29)18-20/h13,20-23,30H,3-12,14-18,29H2,1-2H3/p+1/t20?,21?,22?,23?,27-,28-/m0/s1. The Morgan fingerprint density at radius 2 is 1.89 bits per heavy atom. The Kier molecular flexibility index (Phi) is 8.49. The van der Waals surface area contributed by atoms with Crippen LogP contribution >= 0.6 is 0 Å². The molecule has 2 aliphatic carbocycles. The number of esters is 1. The lowest BCUT2D eigenvalue weighted by Crippen LogP contribution is -2.94. The molecule has 0 amide bonds. The van der Waals surface area contributed by atoms with E-state index in [1.165, 1.54) is 12.0 Å². The molecule has 0 aromatic rings. The second kappa shape index (κ2) is 11.2. The number of ketones is 2. The summed E-state index contributed by atoms with van der Waals surface area (Å²) >= 11 is 0. The van der Waals surface area contributed by atoms with Gasteiger partial charge >= 0.3 is 5.97 Å². The summed E-state index contributed by atoms with van der Waals surface area (Å²) in [6.07, 6.45) is 13.9. The van der Waals surface area contributed by atoms with Crippen molar-refractivity contribution in [2.24, 2.45) is 23.5 Å². The molecule has 4 rings (SSSR count). The number of nitrogens with two attached hydrogens (primary N) is 2. The highest BCUT2D eigenvalue weighted by molar-refractivity contribution is 6.23. The predicted molar refractivity (Wildman–Crippen MR) is 132 cm³/mol. The summed E-state index contributed by atoms with van der Waals surface area (Å²) in [7, 11) is 0. The maximum atomic E-state index is 13.7. The van der Waals surface area contributed by atoms with Crippen molar-refractivity contribution in [2.45, 2.75) is 115 Å². The van der Waals surface area contributed by atoms with Gasteiger partial charge in [0.2, 0.25) is 0 Å². The minimum Gasteiger partial charge on any atom is -0.463 e. The van der Waals surface area contributed by atoms with Gasteiger partial charge in [-0.2, -0.15) is 0 Å². The van der Waals surface area contributed by atoms with Gasteiger partial charge in [0.15, 0.2) is 17.2 Å². The lowest BCUT2D eigenvalue weighted by atomic mass is 9.61. The zero-order valence-electron chi connectivity index (χ0n) is 21.7. The molecule has 7 heteroatoms. The quantitative estimate of drug-likeness (QED) is 0.152. The zero-order valence-corrected chi connectivity index (χ0v) is 21.7. The lowest BCUT2D eigenvalue weighted by molar-refractivity contribution is -0.699. The summed E-state index contributed by atoms with van der Waals surface area (Å²) < 4.78 is 11.6. The molecule has 2 saturated heterocycles. The first-order chi connectivity index (χ1) is 16.9. The molecular formula is C28H45N2O5+. The Balaban J connectivity index is 1.45. The fraction of sp³-hybridized carbons (Fsp3) is 0.821. The smallest absolute Gasteiger partial charge is 0.349 e. The largest absolute Gasteiger partial charge is 0.463 e. The minimum atomic E-state index is -1.73. The Morgan fingerprint density at radius 3 is 2.60 bits per heavy atom. The lowest BCUT2D eigenvalue weighted by Gasteiger charge is -2.36. The number of epoxide rings is 1. The molecule has 4 N–H and O–H groups in total. The van der Waals surface area contributed by atoms with Crippen molar-refractivity contribution in [3.05, 3.63) is 11.6 Å². The average molecular weight is 490 g/mol. The van der Waals surface area contributed by atoms with E-state index in [0.29, 0.717) is 18.8 Å². The van der Waals surface area contributed by atoms with Gasteiger partial charge in [-0.15, -0.1) is 0 Å². The van der Waals surface area contributed by atoms with E-state index in [1.54, 1.807) is 0 Å². The first kappa shape index (κ1) is 26.5. The molecule has 7 nitrogen and oxygen atoms in total.